The molecule has 0 bridgehead atoms. The van der Waals surface area contributed by atoms with Crippen molar-refractivity contribution in [3.8, 4) is 11.1 Å². The lowest BCUT2D eigenvalue weighted by Gasteiger charge is -2.22. The first kappa shape index (κ1) is 23.9. The van der Waals surface area contributed by atoms with Crippen LogP contribution in [-0.2, 0) is 17.9 Å². The number of halogens is 2. The first-order chi connectivity index (χ1) is 13.8. The molecule has 7 heteroatoms. The summed E-state index contributed by atoms with van der Waals surface area (Å²) in [7, 11) is 0. The molecular formula is C23H28Cl2N4O. The molecule has 160 valence electrons. The highest BCUT2D eigenvalue weighted by Crippen LogP contribution is 2.24. The summed E-state index contributed by atoms with van der Waals surface area (Å²) in [4.78, 5) is 16.5. The lowest BCUT2D eigenvalue weighted by Crippen LogP contribution is -2.40. The van der Waals surface area contributed by atoms with Gasteiger partial charge in [-0.25, -0.2) is 4.98 Å². The van der Waals surface area contributed by atoms with Gasteiger partial charge in [0.25, 0.3) is 0 Å². The predicted octanol–water partition coefficient (Wildman–Crippen LogP) is 4.06. The van der Waals surface area contributed by atoms with Crippen molar-refractivity contribution in [2.24, 2.45) is 5.92 Å². The molecule has 1 aromatic heterocycles. The summed E-state index contributed by atoms with van der Waals surface area (Å²) < 4.78 is 2.05. The zero-order chi connectivity index (χ0) is 19.2. The van der Waals surface area contributed by atoms with E-state index in [9.17, 15) is 4.79 Å². The molecule has 0 saturated carbocycles. The minimum Gasteiger partial charge on any atom is -0.352 e. The number of benzene rings is 2. The van der Waals surface area contributed by atoms with Gasteiger partial charge in [0.2, 0.25) is 5.91 Å². The van der Waals surface area contributed by atoms with E-state index in [2.05, 4.69) is 56.6 Å². The second kappa shape index (κ2) is 11.7. The summed E-state index contributed by atoms with van der Waals surface area (Å²) in [6.45, 7) is 3.17. The number of hydrogen-bond donors (Lipinski definition) is 2. The molecule has 2 N–H and O–H groups in total. The van der Waals surface area contributed by atoms with Crippen molar-refractivity contribution in [1.29, 1.82) is 0 Å². The number of carbonyl (C=O) groups is 1. The quantitative estimate of drug-likeness (QED) is 0.599. The van der Waals surface area contributed by atoms with Gasteiger partial charge in [-0.3, -0.25) is 4.79 Å². The Morgan fingerprint density at radius 2 is 1.93 bits per heavy atom. The van der Waals surface area contributed by atoms with Crippen molar-refractivity contribution < 1.29 is 4.79 Å². The summed E-state index contributed by atoms with van der Waals surface area (Å²) >= 11 is 0. The van der Waals surface area contributed by atoms with E-state index in [0.29, 0.717) is 6.54 Å². The number of nitrogens with one attached hydrogen (secondary N) is 2. The van der Waals surface area contributed by atoms with Crippen molar-refractivity contribution in [2.75, 3.05) is 13.1 Å². The van der Waals surface area contributed by atoms with Crippen molar-refractivity contribution >= 4 is 30.7 Å². The van der Waals surface area contributed by atoms with E-state index in [1.165, 1.54) is 16.7 Å². The van der Waals surface area contributed by atoms with Crippen LogP contribution in [0, 0.1) is 5.92 Å². The van der Waals surface area contributed by atoms with Crippen LogP contribution < -0.4 is 10.6 Å². The Labute approximate surface area is 190 Å². The van der Waals surface area contributed by atoms with Crippen molar-refractivity contribution in [3.63, 3.8) is 0 Å². The van der Waals surface area contributed by atoms with Gasteiger partial charge in [-0.05, 0) is 41.6 Å². The number of imidazole rings is 1. The van der Waals surface area contributed by atoms with Crippen LogP contribution in [0.15, 0.2) is 67.3 Å². The minimum absolute atomic E-state index is 0. The van der Waals surface area contributed by atoms with E-state index in [1.54, 1.807) is 6.20 Å². The van der Waals surface area contributed by atoms with Gasteiger partial charge in [0, 0.05) is 32.0 Å². The van der Waals surface area contributed by atoms with Gasteiger partial charge in [-0.2, -0.15) is 0 Å². The number of carbonyl (C=O) groups excluding carboxylic acids is 1. The first-order valence-corrected chi connectivity index (χ1v) is 9.91. The molecule has 5 nitrogen and oxygen atoms in total. The van der Waals surface area contributed by atoms with Crippen molar-refractivity contribution in [1.82, 2.24) is 20.2 Å². The smallest absolute Gasteiger partial charge is 0.224 e. The van der Waals surface area contributed by atoms with Gasteiger partial charge in [-0.15, -0.1) is 24.8 Å². The second-order valence-corrected chi connectivity index (χ2v) is 7.35. The van der Waals surface area contributed by atoms with Gasteiger partial charge in [-0.1, -0.05) is 48.5 Å². The number of nitrogens with zero attached hydrogens (tertiary/aromatic N) is 2. The number of hydrogen-bond acceptors (Lipinski definition) is 3. The standard InChI is InChI=1S/C23H26N4O.2ClH/c28-23(21-5-3-11-24-14-21)26-15-20-4-1-2-6-22(20)19-9-7-18(8-10-19)16-27-13-12-25-17-27;;/h1-2,4,6-10,12-13,17,21,24H,3,5,11,14-16H2,(H,26,28);2*1H. The first-order valence-electron chi connectivity index (χ1n) is 9.91. The molecule has 3 aromatic rings. The Morgan fingerprint density at radius 1 is 1.13 bits per heavy atom. The average molecular weight is 447 g/mol. The molecule has 1 atom stereocenters. The van der Waals surface area contributed by atoms with Crippen LogP contribution in [0.4, 0.5) is 0 Å². The number of piperidine rings is 1. The van der Waals surface area contributed by atoms with Crippen LogP contribution in [0.25, 0.3) is 11.1 Å². The summed E-state index contributed by atoms with van der Waals surface area (Å²) in [5, 5.41) is 6.44. The van der Waals surface area contributed by atoms with Crippen molar-refractivity contribution in [3.05, 3.63) is 78.4 Å². The average Bonchev–Trinajstić information content (AvgIpc) is 3.26. The van der Waals surface area contributed by atoms with Gasteiger partial charge >= 0.3 is 0 Å². The highest BCUT2D eigenvalue weighted by molar-refractivity contribution is 5.85. The molecule has 1 saturated heterocycles. The Kier molecular flexibility index (Phi) is 9.37. The highest BCUT2D eigenvalue weighted by Gasteiger charge is 2.20. The molecule has 0 spiro atoms. The van der Waals surface area contributed by atoms with Crippen LogP contribution >= 0.6 is 24.8 Å². The summed E-state index contributed by atoms with van der Waals surface area (Å²) in [6, 6.07) is 16.9. The molecule has 2 aromatic carbocycles. The van der Waals surface area contributed by atoms with E-state index < -0.39 is 0 Å². The highest BCUT2D eigenvalue weighted by atomic mass is 35.5. The molecule has 4 rings (SSSR count). The van der Waals surface area contributed by atoms with E-state index >= 15 is 0 Å². The van der Waals surface area contributed by atoms with Crippen LogP contribution in [-0.4, -0.2) is 28.5 Å². The second-order valence-electron chi connectivity index (χ2n) is 7.35. The maximum Gasteiger partial charge on any atom is 0.224 e. The number of aromatic nitrogens is 2. The van der Waals surface area contributed by atoms with Gasteiger partial charge in [0.05, 0.1) is 12.2 Å². The zero-order valence-corrected chi connectivity index (χ0v) is 18.4. The summed E-state index contributed by atoms with van der Waals surface area (Å²) in [5.41, 5.74) is 4.71. The predicted molar refractivity (Wildman–Crippen MR) is 125 cm³/mol. The summed E-state index contributed by atoms with van der Waals surface area (Å²) in [6.07, 6.45) is 7.63. The molecule has 1 aliphatic rings. The molecule has 1 aliphatic heterocycles. The van der Waals surface area contributed by atoms with E-state index in [4.69, 9.17) is 0 Å². The number of amides is 1. The number of rotatable bonds is 6. The van der Waals surface area contributed by atoms with Crippen LogP contribution in [0.1, 0.15) is 24.0 Å². The third kappa shape index (κ3) is 6.08. The molecular weight excluding hydrogens is 419 g/mol. The lowest BCUT2D eigenvalue weighted by atomic mass is 9.97. The topological polar surface area (TPSA) is 59.0 Å². The Hall–Kier alpha value is -2.34. The van der Waals surface area contributed by atoms with E-state index in [-0.39, 0.29) is 36.6 Å². The normalized spacial score (nSPS) is 15.5. The summed E-state index contributed by atoms with van der Waals surface area (Å²) in [5.74, 6) is 0.237. The van der Waals surface area contributed by atoms with Crippen LogP contribution in [0.3, 0.4) is 0 Å². The minimum atomic E-state index is 0. The van der Waals surface area contributed by atoms with Crippen LogP contribution in [0.5, 0.6) is 0 Å². The van der Waals surface area contributed by atoms with E-state index in [0.717, 1.165) is 38.0 Å². The van der Waals surface area contributed by atoms with Gasteiger partial charge < -0.3 is 15.2 Å². The van der Waals surface area contributed by atoms with Crippen LogP contribution in [0.2, 0.25) is 0 Å². The lowest BCUT2D eigenvalue weighted by molar-refractivity contribution is -0.125. The van der Waals surface area contributed by atoms with E-state index in [1.807, 2.05) is 24.7 Å². The fraction of sp³-hybridized carbons (Fsp3) is 0.304. The molecule has 1 unspecified atom stereocenters. The van der Waals surface area contributed by atoms with Gasteiger partial charge in [0.1, 0.15) is 0 Å². The molecule has 2 heterocycles. The van der Waals surface area contributed by atoms with Crippen molar-refractivity contribution in [2.45, 2.75) is 25.9 Å². The third-order valence-electron chi connectivity index (χ3n) is 5.33. The molecule has 0 radical (unpaired) electrons. The molecule has 0 aliphatic carbocycles. The SMILES string of the molecule is Cl.Cl.O=C(NCc1ccccc1-c1ccc(Cn2ccnc2)cc1)C1CCCNC1. The maximum atomic E-state index is 12.5. The zero-order valence-electron chi connectivity index (χ0n) is 16.8. The fourth-order valence-corrected chi connectivity index (χ4v) is 3.74. The fourth-order valence-electron chi connectivity index (χ4n) is 3.74. The van der Waals surface area contributed by atoms with Gasteiger partial charge in [0.15, 0.2) is 0 Å². The Balaban J connectivity index is 0.00000160. The Morgan fingerprint density at radius 3 is 2.63 bits per heavy atom. The molecule has 30 heavy (non-hydrogen) atoms. The largest absolute Gasteiger partial charge is 0.352 e. The third-order valence-corrected chi connectivity index (χ3v) is 5.33. The molecule has 1 amide bonds. The maximum absolute atomic E-state index is 12.5. The molecule has 1 fully saturated rings. The monoisotopic (exact) mass is 446 g/mol. The Bertz CT molecular complexity index is 907.